The SMILES string of the molecule is CC1OCCC1(C)n1c(CCl)nc2cc(F)c(Br)cc21. The zero-order valence-electron chi connectivity index (χ0n) is 11.3. The molecule has 108 valence electrons. The molecule has 0 spiro atoms. The number of ether oxygens (including phenoxy) is 1. The number of halogens is 3. The Morgan fingerprint density at radius 3 is 2.95 bits per heavy atom. The molecule has 3 nitrogen and oxygen atoms in total. The minimum absolute atomic E-state index is 0.0608. The molecule has 3 rings (SSSR count). The van der Waals surface area contributed by atoms with Gasteiger partial charge >= 0.3 is 0 Å². The van der Waals surface area contributed by atoms with Crippen molar-refractivity contribution < 1.29 is 9.13 Å². The van der Waals surface area contributed by atoms with Gasteiger partial charge in [-0.15, -0.1) is 11.6 Å². The summed E-state index contributed by atoms with van der Waals surface area (Å²) >= 11 is 9.28. The summed E-state index contributed by atoms with van der Waals surface area (Å²) in [5.41, 5.74) is 1.30. The van der Waals surface area contributed by atoms with Gasteiger partial charge in [-0.2, -0.15) is 0 Å². The van der Waals surface area contributed by atoms with E-state index < -0.39 is 0 Å². The van der Waals surface area contributed by atoms with Crippen molar-refractivity contribution in [3.8, 4) is 0 Å². The molecule has 1 aliphatic rings. The van der Waals surface area contributed by atoms with Gasteiger partial charge in [0, 0.05) is 12.7 Å². The Kier molecular flexibility index (Phi) is 3.55. The predicted octanol–water partition coefficient (Wildman–Crippen LogP) is 4.20. The van der Waals surface area contributed by atoms with Crippen LogP contribution in [0.5, 0.6) is 0 Å². The van der Waals surface area contributed by atoms with Crippen LogP contribution in [0.15, 0.2) is 16.6 Å². The van der Waals surface area contributed by atoms with E-state index in [-0.39, 0.29) is 23.3 Å². The number of imidazole rings is 1. The lowest BCUT2D eigenvalue weighted by molar-refractivity contribution is 0.0766. The molecule has 0 N–H and O–H groups in total. The Hall–Kier alpha value is -0.650. The molecule has 0 aliphatic carbocycles. The fraction of sp³-hybridized carbons (Fsp3) is 0.500. The molecular formula is C14H15BrClFN2O. The molecule has 6 heteroatoms. The van der Waals surface area contributed by atoms with Crippen molar-refractivity contribution in [1.29, 1.82) is 0 Å². The molecule has 2 aromatic rings. The maximum atomic E-state index is 13.7. The van der Waals surface area contributed by atoms with Crippen molar-refractivity contribution in [2.45, 2.75) is 37.8 Å². The summed E-state index contributed by atoms with van der Waals surface area (Å²) in [6, 6.07) is 3.21. The monoisotopic (exact) mass is 360 g/mol. The van der Waals surface area contributed by atoms with Gasteiger partial charge in [0.15, 0.2) is 0 Å². The van der Waals surface area contributed by atoms with Gasteiger partial charge in [0.2, 0.25) is 0 Å². The van der Waals surface area contributed by atoms with E-state index in [9.17, 15) is 4.39 Å². The van der Waals surface area contributed by atoms with Crippen LogP contribution in [0, 0.1) is 5.82 Å². The molecule has 0 radical (unpaired) electrons. The van der Waals surface area contributed by atoms with Crippen LogP contribution >= 0.6 is 27.5 Å². The number of aromatic nitrogens is 2. The van der Waals surface area contributed by atoms with E-state index in [2.05, 4.69) is 39.3 Å². The normalized spacial score (nSPS) is 26.6. The average Bonchev–Trinajstić information content (AvgIpc) is 2.92. The number of benzene rings is 1. The maximum Gasteiger partial charge on any atom is 0.139 e. The number of alkyl halides is 1. The van der Waals surface area contributed by atoms with Gasteiger partial charge < -0.3 is 9.30 Å². The lowest BCUT2D eigenvalue weighted by atomic mass is 9.93. The van der Waals surface area contributed by atoms with E-state index in [1.165, 1.54) is 6.07 Å². The maximum absolute atomic E-state index is 13.7. The number of hydrogen-bond donors (Lipinski definition) is 0. The Morgan fingerprint density at radius 1 is 1.60 bits per heavy atom. The van der Waals surface area contributed by atoms with Crippen LogP contribution in [0.4, 0.5) is 4.39 Å². The van der Waals surface area contributed by atoms with Crippen LogP contribution in [0.1, 0.15) is 26.1 Å². The summed E-state index contributed by atoms with van der Waals surface area (Å²) in [5, 5.41) is 0. The fourth-order valence-electron chi connectivity index (χ4n) is 2.90. The first-order valence-corrected chi connectivity index (χ1v) is 7.84. The number of hydrogen-bond acceptors (Lipinski definition) is 2. The van der Waals surface area contributed by atoms with E-state index in [4.69, 9.17) is 16.3 Å². The Balaban J connectivity index is 2.30. The lowest BCUT2D eigenvalue weighted by Crippen LogP contribution is -2.37. The Bertz CT molecular complexity index is 675. The second-order valence-electron chi connectivity index (χ2n) is 5.37. The largest absolute Gasteiger partial charge is 0.376 e. The highest BCUT2D eigenvalue weighted by Crippen LogP contribution is 2.38. The molecule has 2 heterocycles. The van der Waals surface area contributed by atoms with Crippen LogP contribution in [0.25, 0.3) is 11.0 Å². The predicted molar refractivity (Wildman–Crippen MR) is 80.6 cm³/mol. The molecule has 2 unspecified atom stereocenters. The summed E-state index contributed by atoms with van der Waals surface area (Å²) < 4.78 is 21.9. The van der Waals surface area contributed by atoms with Crippen LogP contribution in [0.2, 0.25) is 0 Å². The van der Waals surface area contributed by atoms with Gasteiger partial charge in [-0.1, -0.05) is 0 Å². The molecule has 0 saturated carbocycles. The molecule has 20 heavy (non-hydrogen) atoms. The van der Waals surface area contributed by atoms with Gasteiger partial charge in [-0.25, -0.2) is 9.37 Å². The molecule has 1 aromatic carbocycles. The minimum atomic E-state index is -0.316. The van der Waals surface area contributed by atoms with Gasteiger partial charge in [0.1, 0.15) is 11.6 Å². The summed E-state index contributed by atoms with van der Waals surface area (Å²) in [6.45, 7) is 4.90. The minimum Gasteiger partial charge on any atom is -0.376 e. The first kappa shape index (κ1) is 14.3. The van der Waals surface area contributed by atoms with Crippen LogP contribution in [-0.4, -0.2) is 22.3 Å². The van der Waals surface area contributed by atoms with E-state index >= 15 is 0 Å². The third-order valence-corrected chi connectivity index (χ3v) is 5.09. The topological polar surface area (TPSA) is 27.1 Å². The van der Waals surface area contributed by atoms with Crippen molar-refractivity contribution >= 4 is 38.6 Å². The summed E-state index contributed by atoms with van der Waals surface area (Å²) in [5.74, 6) is 0.721. The van der Waals surface area contributed by atoms with Crippen molar-refractivity contribution in [3.05, 3.63) is 28.2 Å². The van der Waals surface area contributed by atoms with Gasteiger partial charge in [-0.05, 0) is 42.3 Å². The molecule has 1 aromatic heterocycles. The van der Waals surface area contributed by atoms with Gasteiger partial charge in [0.05, 0.1) is 33.0 Å². The van der Waals surface area contributed by atoms with Gasteiger partial charge in [0.25, 0.3) is 0 Å². The van der Waals surface area contributed by atoms with Gasteiger partial charge in [-0.3, -0.25) is 0 Å². The highest BCUT2D eigenvalue weighted by atomic mass is 79.9. The smallest absolute Gasteiger partial charge is 0.139 e. The lowest BCUT2D eigenvalue weighted by Gasteiger charge is -2.31. The van der Waals surface area contributed by atoms with Crippen molar-refractivity contribution in [1.82, 2.24) is 9.55 Å². The summed E-state index contributed by atoms with van der Waals surface area (Å²) in [6.07, 6.45) is 0.948. The Morgan fingerprint density at radius 2 is 2.35 bits per heavy atom. The molecule has 0 amide bonds. The van der Waals surface area contributed by atoms with Crippen molar-refractivity contribution in [2.24, 2.45) is 0 Å². The van der Waals surface area contributed by atoms with E-state index in [1.54, 1.807) is 6.07 Å². The number of rotatable bonds is 2. The van der Waals surface area contributed by atoms with Crippen LogP contribution in [0.3, 0.4) is 0 Å². The second-order valence-corrected chi connectivity index (χ2v) is 6.49. The number of fused-ring (bicyclic) bond motifs is 1. The highest BCUT2D eigenvalue weighted by molar-refractivity contribution is 9.10. The fourth-order valence-corrected chi connectivity index (χ4v) is 3.41. The van der Waals surface area contributed by atoms with Crippen LogP contribution in [-0.2, 0) is 16.2 Å². The molecule has 2 atom stereocenters. The third-order valence-electron chi connectivity index (χ3n) is 4.25. The molecule has 1 fully saturated rings. The molecule has 1 aliphatic heterocycles. The second kappa shape index (κ2) is 4.97. The first-order chi connectivity index (χ1) is 9.47. The quantitative estimate of drug-likeness (QED) is 0.750. The molecule has 1 saturated heterocycles. The van der Waals surface area contributed by atoms with E-state index in [1.807, 2.05) is 0 Å². The highest BCUT2D eigenvalue weighted by Gasteiger charge is 2.41. The standard InChI is InChI=1S/C14H15BrClFN2O/c1-8-14(2,3-4-20-8)19-12-5-9(15)10(17)6-11(12)18-13(19)7-16/h5-6,8H,3-4,7H2,1-2H3. The Labute approximate surface area is 130 Å². The van der Waals surface area contributed by atoms with Crippen LogP contribution < -0.4 is 0 Å². The summed E-state index contributed by atoms with van der Waals surface area (Å²) in [4.78, 5) is 4.47. The molecular weight excluding hydrogens is 347 g/mol. The third kappa shape index (κ3) is 1.98. The first-order valence-electron chi connectivity index (χ1n) is 6.52. The van der Waals surface area contributed by atoms with E-state index in [0.717, 1.165) is 17.8 Å². The van der Waals surface area contributed by atoms with Crippen molar-refractivity contribution in [2.75, 3.05) is 6.61 Å². The van der Waals surface area contributed by atoms with E-state index in [0.29, 0.717) is 16.6 Å². The molecule has 0 bridgehead atoms. The zero-order chi connectivity index (χ0) is 14.5. The average molecular weight is 362 g/mol. The number of nitrogens with zero attached hydrogens (tertiary/aromatic N) is 2. The van der Waals surface area contributed by atoms with Crippen molar-refractivity contribution in [3.63, 3.8) is 0 Å². The summed E-state index contributed by atoms with van der Waals surface area (Å²) in [7, 11) is 0. The zero-order valence-corrected chi connectivity index (χ0v) is 13.6.